The number of hydrogen-bond acceptors (Lipinski definition) is 3. The Morgan fingerprint density at radius 1 is 1.16 bits per heavy atom. The summed E-state index contributed by atoms with van der Waals surface area (Å²) in [5, 5.41) is 6.32. The molecule has 168 valence electrons. The first-order valence-electron chi connectivity index (χ1n) is 10.2. The summed E-state index contributed by atoms with van der Waals surface area (Å²) >= 11 is 1.65. The van der Waals surface area contributed by atoms with Crippen molar-refractivity contribution in [1.29, 1.82) is 0 Å². The van der Waals surface area contributed by atoms with E-state index in [-0.39, 0.29) is 42.2 Å². The molecule has 2 N–H and O–H groups in total. The van der Waals surface area contributed by atoms with Gasteiger partial charge in [0.25, 0.3) is 0 Å². The van der Waals surface area contributed by atoms with Gasteiger partial charge in [-0.25, -0.2) is 9.38 Å². The predicted octanol–water partition coefficient (Wildman–Crippen LogP) is 3.95. The zero-order valence-electron chi connectivity index (χ0n) is 18.0. The van der Waals surface area contributed by atoms with Crippen LogP contribution in [-0.4, -0.2) is 42.7 Å². The normalized spacial score (nSPS) is 13.3. The molecule has 31 heavy (non-hydrogen) atoms. The summed E-state index contributed by atoms with van der Waals surface area (Å²) in [6.07, 6.45) is 2.88. The number of benzene rings is 2. The molecule has 0 unspecified atom stereocenters. The van der Waals surface area contributed by atoms with Gasteiger partial charge in [0.2, 0.25) is 5.91 Å². The Morgan fingerprint density at radius 3 is 2.68 bits per heavy atom. The van der Waals surface area contributed by atoms with Crippen molar-refractivity contribution in [3.8, 4) is 0 Å². The van der Waals surface area contributed by atoms with Gasteiger partial charge in [0.15, 0.2) is 5.96 Å². The molecule has 0 fully saturated rings. The minimum absolute atomic E-state index is 0. The van der Waals surface area contributed by atoms with Crippen molar-refractivity contribution >= 4 is 47.6 Å². The van der Waals surface area contributed by atoms with Crippen molar-refractivity contribution in [3.63, 3.8) is 0 Å². The van der Waals surface area contributed by atoms with Gasteiger partial charge in [0.1, 0.15) is 5.82 Å². The molecule has 8 heteroatoms. The molecule has 2 aromatic rings. The van der Waals surface area contributed by atoms with Gasteiger partial charge in [-0.05, 0) is 54.0 Å². The standard InChI is InChI=1S/C23H29FN4OS.HI/c1-3-25-23(26-13-18-8-9-21(24)12-20(18)16-30-2)27-14-22(29)28-11-10-17-6-4-5-7-19(17)15-28;/h4-9,12H,3,10-11,13-16H2,1-2H3,(H2,25,26,27);1H. The van der Waals surface area contributed by atoms with Crippen molar-refractivity contribution < 1.29 is 9.18 Å². The first kappa shape index (κ1) is 25.5. The number of amides is 1. The van der Waals surface area contributed by atoms with Gasteiger partial charge >= 0.3 is 0 Å². The number of nitrogens with zero attached hydrogens (tertiary/aromatic N) is 2. The van der Waals surface area contributed by atoms with Gasteiger partial charge in [0.05, 0.1) is 13.1 Å². The number of rotatable bonds is 7. The monoisotopic (exact) mass is 556 g/mol. The highest BCUT2D eigenvalue weighted by atomic mass is 127. The van der Waals surface area contributed by atoms with Crippen LogP contribution in [0.3, 0.4) is 0 Å². The number of aliphatic imine (C=N–C) groups is 1. The highest BCUT2D eigenvalue weighted by Gasteiger charge is 2.20. The Morgan fingerprint density at radius 2 is 1.94 bits per heavy atom. The Bertz CT molecular complexity index is 909. The van der Waals surface area contributed by atoms with Crippen LogP contribution in [0.5, 0.6) is 0 Å². The van der Waals surface area contributed by atoms with Crippen molar-refractivity contribution in [3.05, 3.63) is 70.5 Å². The third-order valence-corrected chi connectivity index (χ3v) is 5.71. The molecule has 0 saturated heterocycles. The molecule has 0 spiro atoms. The van der Waals surface area contributed by atoms with Crippen molar-refractivity contribution in [2.75, 3.05) is 25.9 Å². The Balaban J connectivity index is 0.00000341. The van der Waals surface area contributed by atoms with Crippen LogP contribution in [0.2, 0.25) is 0 Å². The highest BCUT2D eigenvalue weighted by Crippen LogP contribution is 2.19. The fourth-order valence-electron chi connectivity index (χ4n) is 3.52. The molecular formula is C23H30FIN4OS. The lowest BCUT2D eigenvalue weighted by atomic mass is 10.00. The molecule has 5 nitrogen and oxygen atoms in total. The molecule has 0 aromatic heterocycles. The molecular weight excluding hydrogens is 526 g/mol. The smallest absolute Gasteiger partial charge is 0.242 e. The van der Waals surface area contributed by atoms with Crippen LogP contribution in [-0.2, 0) is 30.1 Å². The summed E-state index contributed by atoms with van der Waals surface area (Å²) in [7, 11) is 0. The molecule has 1 amide bonds. The van der Waals surface area contributed by atoms with Gasteiger partial charge in [-0.2, -0.15) is 11.8 Å². The van der Waals surface area contributed by atoms with Crippen LogP contribution in [0.15, 0.2) is 47.5 Å². The number of nitrogens with one attached hydrogen (secondary N) is 2. The van der Waals surface area contributed by atoms with Crippen molar-refractivity contribution in [1.82, 2.24) is 15.5 Å². The van der Waals surface area contributed by atoms with E-state index >= 15 is 0 Å². The van der Waals surface area contributed by atoms with E-state index in [0.29, 0.717) is 25.6 Å². The predicted molar refractivity (Wildman–Crippen MR) is 137 cm³/mol. The molecule has 1 aliphatic rings. The molecule has 1 aliphatic heterocycles. The van der Waals surface area contributed by atoms with Gasteiger partial charge in [-0.3, -0.25) is 4.79 Å². The second-order valence-corrected chi connectivity index (χ2v) is 8.09. The van der Waals surface area contributed by atoms with Crippen LogP contribution in [0, 0.1) is 5.82 Å². The van der Waals surface area contributed by atoms with E-state index in [1.54, 1.807) is 23.9 Å². The lowest BCUT2D eigenvalue weighted by Gasteiger charge is -2.29. The second kappa shape index (κ2) is 12.9. The molecule has 2 aromatic carbocycles. The number of carbonyl (C=O) groups is 1. The molecule has 0 aliphatic carbocycles. The first-order valence-corrected chi connectivity index (χ1v) is 11.6. The van der Waals surface area contributed by atoms with Crippen molar-refractivity contribution in [2.24, 2.45) is 4.99 Å². The minimum Gasteiger partial charge on any atom is -0.357 e. The molecule has 1 heterocycles. The zero-order chi connectivity index (χ0) is 21.3. The third kappa shape index (κ3) is 7.38. The maximum absolute atomic E-state index is 13.6. The minimum atomic E-state index is -0.231. The third-order valence-electron chi connectivity index (χ3n) is 5.11. The number of carbonyl (C=O) groups excluding carboxylic acids is 1. The van der Waals surface area contributed by atoms with Crippen LogP contribution in [0.4, 0.5) is 4.39 Å². The number of fused-ring (bicyclic) bond motifs is 1. The van der Waals surface area contributed by atoms with E-state index in [9.17, 15) is 9.18 Å². The fourth-order valence-corrected chi connectivity index (χ4v) is 4.10. The number of guanidine groups is 1. The fraction of sp³-hybridized carbons (Fsp3) is 0.391. The van der Waals surface area contributed by atoms with E-state index in [1.165, 1.54) is 17.2 Å². The van der Waals surface area contributed by atoms with E-state index in [4.69, 9.17) is 0 Å². The van der Waals surface area contributed by atoms with E-state index in [2.05, 4.69) is 27.8 Å². The summed E-state index contributed by atoms with van der Waals surface area (Å²) < 4.78 is 13.6. The topological polar surface area (TPSA) is 56.7 Å². The maximum Gasteiger partial charge on any atom is 0.242 e. The van der Waals surface area contributed by atoms with E-state index in [0.717, 1.165) is 29.8 Å². The van der Waals surface area contributed by atoms with E-state index in [1.807, 2.05) is 30.2 Å². The summed E-state index contributed by atoms with van der Waals surface area (Å²) in [5.41, 5.74) is 4.48. The van der Waals surface area contributed by atoms with Gasteiger partial charge in [-0.1, -0.05) is 30.3 Å². The van der Waals surface area contributed by atoms with Crippen LogP contribution in [0.1, 0.15) is 29.2 Å². The number of hydrogen-bond donors (Lipinski definition) is 2. The number of halogens is 2. The summed E-state index contributed by atoms with van der Waals surface area (Å²) in [6, 6.07) is 13.1. The molecule has 0 radical (unpaired) electrons. The molecule has 0 atom stereocenters. The lowest BCUT2D eigenvalue weighted by Crippen LogP contribution is -2.46. The van der Waals surface area contributed by atoms with Gasteiger partial charge in [-0.15, -0.1) is 24.0 Å². The maximum atomic E-state index is 13.6. The van der Waals surface area contributed by atoms with Crippen LogP contribution in [0.25, 0.3) is 0 Å². The zero-order valence-corrected chi connectivity index (χ0v) is 21.1. The average Bonchev–Trinajstić information content (AvgIpc) is 2.76. The highest BCUT2D eigenvalue weighted by molar-refractivity contribution is 14.0. The van der Waals surface area contributed by atoms with Crippen molar-refractivity contribution in [2.45, 2.75) is 32.2 Å². The van der Waals surface area contributed by atoms with Crippen LogP contribution < -0.4 is 10.6 Å². The lowest BCUT2D eigenvalue weighted by molar-refractivity contribution is -0.130. The second-order valence-electron chi connectivity index (χ2n) is 7.23. The molecule has 3 rings (SSSR count). The SMILES string of the molecule is CCNC(=NCc1ccc(F)cc1CSC)NCC(=O)N1CCc2ccccc2C1.I. The van der Waals surface area contributed by atoms with Gasteiger partial charge in [0, 0.05) is 25.4 Å². The molecule has 0 saturated carbocycles. The summed E-state index contributed by atoms with van der Waals surface area (Å²) in [4.78, 5) is 19.2. The van der Waals surface area contributed by atoms with Crippen LogP contribution >= 0.6 is 35.7 Å². The summed E-state index contributed by atoms with van der Waals surface area (Å²) in [5.74, 6) is 1.15. The quantitative estimate of drug-likeness (QED) is 0.308. The largest absolute Gasteiger partial charge is 0.357 e. The number of thioether (sulfide) groups is 1. The molecule has 0 bridgehead atoms. The van der Waals surface area contributed by atoms with Gasteiger partial charge < -0.3 is 15.5 Å². The average molecular weight is 556 g/mol. The Hall–Kier alpha value is -1.81. The Kier molecular flexibility index (Phi) is 10.6. The van der Waals surface area contributed by atoms with E-state index < -0.39 is 0 Å². The summed E-state index contributed by atoms with van der Waals surface area (Å²) in [6.45, 7) is 4.68. The first-order chi connectivity index (χ1) is 14.6. The Labute approximate surface area is 205 Å².